The summed E-state index contributed by atoms with van der Waals surface area (Å²) >= 11 is 3.29. The molecule has 1 aliphatic carbocycles. The molecule has 4 heterocycles. The number of aromatic nitrogens is 2. The number of amides is 2. The Balaban J connectivity index is 1.19. The lowest BCUT2D eigenvalue weighted by Gasteiger charge is -2.33. The van der Waals surface area contributed by atoms with Gasteiger partial charge >= 0.3 is 0 Å². The van der Waals surface area contributed by atoms with Gasteiger partial charge in [0, 0.05) is 21.7 Å². The number of benzene rings is 2. The molecular weight excluding hydrogens is 919 g/mol. The summed E-state index contributed by atoms with van der Waals surface area (Å²) in [5.74, 6) is -0.117. The van der Waals surface area contributed by atoms with E-state index in [1.165, 1.54) is 200 Å². The van der Waals surface area contributed by atoms with Crippen LogP contribution in [0.2, 0.25) is 0 Å². The number of rotatable bonds is 35. The molecule has 72 heavy (non-hydrogen) atoms. The van der Waals surface area contributed by atoms with Crippen molar-refractivity contribution < 1.29 is 9.59 Å². The van der Waals surface area contributed by atoms with Crippen molar-refractivity contribution in [3.8, 4) is 42.7 Å². The van der Waals surface area contributed by atoms with Gasteiger partial charge in [-0.2, -0.15) is 0 Å². The van der Waals surface area contributed by atoms with Gasteiger partial charge in [-0.1, -0.05) is 231 Å². The molecule has 0 fully saturated rings. The van der Waals surface area contributed by atoms with Crippen LogP contribution in [0.4, 0.5) is 0 Å². The number of fused-ring (bicyclic) bond motifs is 4. The predicted molar refractivity (Wildman–Crippen MR) is 310 cm³/mol. The van der Waals surface area contributed by atoms with E-state index in [-0.39, 0.29) is 23.1 Å². The average molecular weight is 1010 g/mol. The van der Waals surface area contributed by atoms with Gasteiger partial charge in [0.2, 0.25) is 0 Å². The number of carbonyl (C=O) groups is 2. The van der Waals surface area contributed by atoms with E-state index in [2.05, 4.69) is 96.1 Å². The van der Waals surface area contributed by atoms with Gasteiger partial charge in [-0.15, -0.1) is 32.9 Å². The number of unbranched alkanes of at least 4 members (excludes halogenated alkanes) is 22. The fraction of sp³-hybridized carbons (Fsp3) is 0.600. The molecule has 0 saturated carbocycles. The summed E-state index contributed by atoms with van der Waals surface area (Å²) in [7, 11) is 0. The standard InChI is InChI=1S/C65H91N3O2S2/c1-7-11-15-19-23-24-26-30-34-50(33-29-25-20-16-12-8-2)47-68-63(69)59-60(64(68)70)62(67-66-61(59)57-40-36-49(6)71-57)58-42-41-56(72-58)51-37-39-53-52-38-35-48(5)45-54(52)65(55(53)46-51,43-31-27-21-17-13-9-3)44-32-28-22-18-14-10-4/h35-42,45-46,50H,7-34,43-44,47H2,1-6H3. The Hall–Kier alpha value is -3.94. The normalized spacial score (nSPS) is 14.1. The number of aryl methyl sites for hydroxylation is 2. The zero-order valence-electron chi connectivity index (χ0n) is 45.7. The average Bonchev–Trinajstić information content (AvgIpc) is 4.17. The van der Waals surface area contributed by atoms with Crippen LogP contribution in [0.15, 0.2) is 60.7 Å². The molecule has 5 aromatic rings. The molecular formula is C65H91N3O2S2. The van der Waals surface area contributed by atoms with Crippen LogP contribution in [0, 0.1) is 19.8 Å². The van der Waals surface area contributed by atoms with Crippen LogP contribution in [0.1, 0.15) is 263 Å². The first-order valence-electron chi connectivity index (χ1n) is 29.4. The van der Waals surface area contributed by atoms with Crippen molar-refractivity contribution in [3.63, 3.8) is 0 Å². The second-order valence-electron chi connectivity index (χ2n) is 22.1. The molecule has 7 heteroatoms. The summed E-state index contributed by atoms with van der Waals surface area (Å²) in [4.78, 5) is 35.6. The van der Waals surface area contributed by atoms with Crippen molar-refractivity contribution in [2.24, 2.45) is 5.92 Å². The van der Waals surface area contributed by atoms with Crippen molar-refractivity contribution in [2.45, 2.75) is 240 Å². The van der Waals surface area contributed by atoms with Gasteiger partial charge in [-0.25, -0.2) is 0 Å². The van der Waals surface area contributed by atoms with Gasteiger partial charge in [-0.3, -0.25) is 14.5 Å². The molecule has 2 aliphatic rings. The lowest BCUT2D eigenvalue weighted by atomic mass is 9.70. The largest absolute Gasteiger partial charge is 0.274 e. The van der Waals surface area contributed by atoms with E-state index in [0.717, 1.165) is 45.2 Å². The fourth-order valence-corrected chi connectivity index (χ4v) is 14.0. The highest BCUT2D eigenvalue weighted by Gasteiger charge is 2.44. The maximum Gasteiger partial charge on any atom is 0.263 e. The van der Waals surface area contributed by atoms with E-state index < -0.39 is 0 Å². The minimum atomic E-state index is -0.201. The molecule has 0 radical (unpaired) electrons. The van der Waals surface area contributed by atoms with Crippen LogP contribution in [0.3, 0.4) is 0 Å². The maximum atomic E-state index is 15.0. The molecule has 1 aliphatic heterocycles. The van der Waals surface area contributed by atoms with Crippen molar-refractivity contribution in [1.82, 2.24) is 15.1 Å². The van der Waals surface area contributed by atoms with Gasteiger partial charge in [0.05, 0.1) is 20.9 Å². The molecule has 0 N–H and O–H groups in total. The quantitative estimate of drug-likeness (QED) is 0.0300. The molecule has 1 unspecified atom stereocenters. The molecule has 2 amide bonds. The molecule has 3 aromatic heterocycles. The van der Waals surface area contributed by atoms with Crippen molar-refractivity contribution in [2.75, 3.05) is 6.54 Å². The first-order chi connectivity index (χ1) is 35.2. The summed E-state index contributed by atoms with van der Waals surface area (Å²) in [5.41, 5.74) is 10.3. The van der Waals surface area contributed by atoms with E-state index in [1.54, 1.807) is 27.6 Å². The Morgan fingerprint density at radius 1 is 0.472 bits per heavy atom. The summed E-state index contributed by atoms with van der Waals surface area (Å²) in [6.07, 6.45) is 37.7. The summed E-state index contributed by atoms with van der Waals surface area (Å²) in [6.45, 7) is 14.0. The fourth-order valence-electron chi connectivity index (χ4n) is 12.1. The molecule has 0 saturated heterocycles. The first-order valence-corrected chi connectivity index (χ1v) is 31.1. The zero-order valence-corrected chi connectivity index (χ0v) is 47.4. The smallest absolute Gasteiger partial charge is 0.263 e. The minimum absolute atomic E-state index is 0.0119. The Bertz CT molecular complexity index is 2460. The van der Waals surface area contributed by atoms with Crippen LogP contribution in [0.5, 0.6) is 0 Å². The highest BCUT2D eigenvalue weighted by atomic mass is 32.1. The van der Waals surface area contributed by atoms with Gasteiger partial charge in [-0.05, 0) is 104 Å². The summed E-state index contributed by atoms with van der Waals surface area (Å²) < 4.78 is 0. The van der Waals surface area contributed by atoms with E-state index >= 15 is 4.79 Å². The number of hydrogen-bond acceptors (Lipinski definition) is 6. The second-order valence-corrected chi connectivity index (χ2v) is 24.4. The number of imide groups is 1. The van der Waals surface area contributed by atoms with Crippen molar-refractivity contribution in [3.05, 3.63) is 93.4 Å². The van der Waals surface area contributed by atoms with Crippen LogP contribution in [0.25, 0.3) is 42.7 Å². The van der Waals surface area contributed by atoms with E-state index in [4.69, 9.17) is 10.2 Å². The van der Waals surface area contributed by atoms with Crippen molar-refractivity contribution in [1.29, 1.82) is 0 Å². The minimum Gasteiger partial charge on any atom is -0.274 e. The maximum absolute atomic E-state index is 15.0. The van der Waals surface area contributed by atoms with E-state index in [1.807, 2.05) is 6.07 Å². The molecule has 390 valence electrons. The Labute approximate surface area is 444 Å². The summed E-state index contributed by atoms with van der Waals surface area (Å²) in [5, 5.41) is 9.74. The summed E-state index contributed by atoms with van der Waals surface area (Å²) in [6, 6.07) is 22.9. The highest BCUT2D eigenvalue weighted by molar-refractivity contribution is 7.18. The molecule has 7 rings (SSSR count). The number of hydrogen-bond donors (Lipinski definition) is 0. The number of carbonyl (C=O) groups excluding carboxylic acids is 2. The predicted octanol–water partition coefficient (Wildman–Crippen LogP) is 20.5. The SMILES string of the molecule is CCCCCCCCCCC(CCCCCCCC)CN1C(=O)c2c(-c3ccc(C)s3)nnc(-c3ccc(-c4ccc5c(c4)C(CCCCCCCC)(CCCCCCCC)c4cc(C)ccc4-5)s3)c2C1=O. The molecule has 5 nitrogen and oxygen atoms in total. The monoisotopic (exact) mass is 1010 g/mol. The second kappa shape index (κ2) is 28.7. The zero-order chi connectivity index (χ0) is 50.7. The van der Waals surface area contributed by atoms with Gasteiger partial charge in [0.25, 0.3) is 11.8 Å². The van der Waals surface area contributed by atoms with Gasteiger partial charge in [0.1, 0.15) is 11.4 Å². The van der Waals surface area contributed by atoms with Crippen LogP contribution in [-0.2, 0) is 5.41 Å². The first kappa shape index (κ1) is 55.8. The van der Waals surface area contributed by atoms with Crippen molar-refractivity contribution >= 4 is 34.5 Å². The highest BCUT2D eigenvalue weighted by Crippen LogP contribution is 2.56. The van der Waals surface area contributed by atoms with Crippen LogP contribution in [-0.4, -0.2) is 33.5 Å². The third kappa shape index (κ3) is 14.1. The number of nitrogens with zero attached hydrogens (tertiary/aromatic N) is 3. The lowest BCUT2D eigenvalue weighted by molar-refractivity contribution is 0.0622. The third-order valence-electron chi connectivity index (χ3n) is 16.3. The number of thiophene rings is 2. The van der Waals surface area contributed by atoms with Gasteiger partial charge < -0.3 is 0 Å². The van der Waals surface area contributed by atoms with Crippen LogP contribution < -0.4 is 0 Å². The molecule has 2 aromatic carbocycles. The third-order valence-corrected chi connectivity index (χ3v) is 18.4. The topological polar surface area (TPSA) is 63.2 Å². The molecule has 1 atom stereocenters. The molecule has 0 bridgehead atoms. The Morgan fingerprint density at radius 3 is 1.40 bits per heavy atom. The molecule has 0 spiro atoms. The lowest BCUT2D eigenvalue weighted by Crippen LogP contribution is -2.34. The van der Waals surface area contributed by atoms with E-state index in [9.17, 15) is 4.79 Å². The Kier molecular flexibility index (Phi) is 22.2. The van der Waals surface area contributed by atoms with Gasteiger partial charge in [0.15, 0.2) is 0 Å². The van der Waals surface area contributed by atoms with E-state index in [0.29, 0.717) is 29.1 Å². The van der Waals surface area contributed by atoms with Crippen LogP contribution >= 0.6 is 22.7 Å². The Morgan fingerprint density at radius 2 is 0.903 bits per heavy atom.